The van der Waals surface area contributed by atoms with Crippen molar-refractivity contribution in [2.75, 3.05) is 45.9 Å². The number of aliphatic hydroxyl groups excluding tert-OH is 1. The molecule has 0 amide bonds. The Bertz CT molecular complexity index is 487. The van der Waals surface area contributed by atoms with Gasteiger partial charge in [0.1, 0.15) is 0 Å². The van der Waals surface area contributed by atoms with Crippen LogP contribution in [0.3, 0.4) is 0 Å². The molecule has 0 spiro atoms. The highest BCUT2D eigenvalue weighted by atomic mass is 16.5. The lowest BCUT2D eigenvalue weighted by Gasteiger charge is -2.42. The summed E-state index contributed by atoms with van der Waals surface area (Å²) in [7, 11) is 0. The van der Waals surface area contributed by atoms with Gasteiger partial charge in [0.25, 0.3) is 0 Å². The summed E-state index contributed by atoms with van der Waals surface area (Å²) < 4.78 is 5.93. The van der Waals surface area contributed by atoms with Gasteiger partial charge in [0.05, 0.1) is 12.2 Å². The second-order valence-electron chi connectivity index (χ2n) is 8.90. The van der Waals surface area contributed by atoms with E-state index in [0.29, 0.717) is 18.6 Å². The first-order valence-electron chi connectivity index (χ1n) is 11.6. The zero-order valence-electron chi connectivity index (χ0n) is 18.8. The number of nitrogens with zero attached hydrogens (tertiary/aromatic N) is 2. The molecular formula is C24H44N2O2. The van der Waals surface area contributed by atoms with E-state index < -0.39 is 0 Å². The summed E-state index contributed by atoms with van der Waals surface area (Å²) in [5.41, 5.74) is 1.04. The average molecular weight is 393 g/mol. The summed E-state index contributed by atoms with van der Waals surface area (Å²) in [5.74, 6) is 0.702. The van der Waals surface area contributed by atoms with E-state index in [0.717, 1.165) is 45.8 Å². The number of aliphatic hydroxyl groups is 1. The third-order valence-electron chi connectivity index (χ3n) is 6.54. The molecule has 1 atom stereocenters. The van der Waals surface area contributed by atoms with Crippen molar-refractivity contribution < 1.29 is 9.84 Å². The second kappa shape index (κ2) is 12.1. The first-order chi connectivity index (χ1) is 13.5. The van der Waals surface area contributed by atoms with E-state index >= 15 is 0 Å². The number of allylic oxidation sites excluding steroid dienone is 1. The molecule has 2 rings (SSSR count). The number of ether oxygens (including phenoxy) is 1. The molecule has 4 heteroatoms. The van der Waals surface area contributed by atoms with Crippen molar-refractivity contribution in [3.8, 4) is 0 Å². The largest absolute Gasteiger partial charge is 0.395 e. The fourth-order valence-electron chi connectivity index (χ4n) is 4.87. The Kier molecular flexibility index (Phi) is 10.2. The van der Waals surface area contributed by atoms with E-state index in [9.17, 15) is 5.11 Å². The molecule has 1 heterocycles. The first-order valence-corrected chi connectivity index (χ1v) is 11.6. The topological polar surface area (TPSA) is 35.9 Å². The minimum atomic E-state index is -0.228. The molecule has 0 aromatic carbocycles. The smallest absolute Gasteiger partial charge is 0.0871 e. The van der Waals surface area contributed by atoms with Crippen LogP contribution in [0.2, 0.25) is 0 Å². The predicted molar refractivity (Wildman–Crippen MR) is 119 cm³/mol. The maximum Gasteiger partial charge on any atom is 0.0871 e. The molecule has 1 unspecified atom stereocenters. The average Bonchev–Trinajstić information content (AvgIpc) is 2.70. The highest BCUT2D eigenvalue weighted by molar-refractivity contribution is 5.27. The van der Waals surface area contributed by atoms with E-state index in [1.54, 1.807) is 0 Å². The summed E-state index contributed by atoms with van der Waals surface area (Å²) in [6, 6.07) is 0.379. The molecular weight excluding hydrogens is 348 g/mol. The minimum absolute atomic E-state index is 0.228. The Balaban J connectivity index is 1.82. The molecule has 1 saturated carbocycles. The van der Waals surface area contributed by atoms with Gasteiger partial charge in [-0.1, -0.05) is 44.4 Å². The van der Waals surface area contributed by atoms with Gasteiger partial charge in [0, 0.05) is 45.4 Å². The van der Waals surface area contributed by atoms with Crippen LogP contribution in [0, 0.1) is 5.92 Å². The van der Waals surface area contributed by atoms with Crippen LogP contribution in [0.5, 0.6) is 0 Å². The summed E-state index contributed by atoms with van der Waals surface area (Å²) >= 11 is 0. The lowest BCUT2D eigenvalue weighted by molar-refractivity contribution is 0.0215. The van der Waals surface area contributed by atoms with Crippen LogP contribution in [0.15, 0.2) is 23.8 Å². The summed E-state index contributed by atoms with van der Waals surface area (Å²) in [4.78, 5) is 5.08. The second-order valence-corrected chi connectivity index (χ2v) is 8.90. The van der Waals surface area contributed by atoms with Crippen LogP contribution in [0.1, 0.15) is 66.2 Å². The Hall–Kier alpha value is -0.680. The lowest BCUT2D eigenvalue weighted by atomic mass is 9.83. The fraction of sp³-hybridized carbons (Fsp3) is 0.833. The molecule has 1 saturated heterocycles. The standard InChI is InChI=1S/C24H44N2O2/c1-5-11-22(24(3,4)28-6-2)14-10-15-25-16-18-26(19-17-25)23(20-27)21-12-8-7-9-13-21/h10-11,14,21,23,27H,5-9,12-13,15-20H2,1-4H3/b14-10-,22-11+. The third kappa shape index (κ3) is 6.98. The van der Waals surface area contributed by atoms with Gasteiger partial charge in [-0.05, 0) is 51.5 Å². The van der Waals surface area contributed by atoms with Crippen molar-refractivity contribution in [1.29, 1.82) is 0 Å². The van der Waals surface area contributed by atoms with E-state index in [1.165, 1.54) is 37.7 Å². The Morgan fingerprint density at radius 3 is 2.36 bits per heavy atom. The fourth-order valence-corrected chi connectivity index (χ4v) is 4.87. The van der Waals surface area contributed by atoms with Gasteiger partial charge in [-0.25, -0.2) is 0 Å². The summed E-state index contributed by atoms with van der Waals surface area (Å²) in [6.45, 7) is 14.9. The molecule has 2 aliphatic rings. The maximum atomic E-state index is 9.98. The summed E-state index contributed by atoms with van der Waals surface area (Å²) in [5, 5.41) is 9.98. The Labute approximate surface area is 173 Å². The highest BCUT2D eigenvalue weighted by Crippen LogP contribution is 2.29. The lowest BCUT2D eigenvalue weighted by Crippen LogP contribution is -2.53. The Morgan fingerprint density at radius 1 is 1.11 bits per heavy atom. The molecule has 0 aromatic heterocycles. The van der Waals surface area contributed by atoms with Crippen molar-refractivity contribution in [1.82, 2.24) is 9.80 Å². The highest BCUT2D eigenvalue weighted by Gasteiger charge is 2.30. The zero-order valence-corrected chi connectivity index (χ0v) is 18.8. The number of rotatable bonds is 10. The molecule has 28 heavy (non-hydrogen) atoms. The summed E-state index contributed by atoms with van der Waals surface area (Å²) in [6.07, 6.45) is 14.5. The van der Waals surface area contributed by atoms with E-state index in [1.807, 2.05) is 0 Å². The molecule has 4 nitrogen and oxygen atoms in total. The van der Waals surface area contributed by atoms with Gasteiger partial charge in [-0.15, -0.1) is 0 Å². The first kappa shape index (κ1) is 23.6. The Morgan fingerprint density at radius 2 is 1.79 bits per heavy atom. The van der Waals surface area contributed by atoms with Crippen molar-refractivity contribution >= 4 is 0 Å². The molecule has 1 N–H and O–H groups in total. The van der Waals surface area contributed by atoms with E-state index in [4.69, 9.17) is 4.74 Å². The predicted octanol–water partition coefficient (Wildman–Crippen LogP) is 4.25. The van der Waals surface area contributed by atoms with Crippen molar-refractivity contribution in [3.63, 3.8) is 0 Å². The van der Waals surface area contributed by atoms with Gasteiger partial charge >= 0.3 is 0 Å². The number of hydrogen-bond donors (Lipinski definition) is 1. The van der Waals surface area contributed by atoms with Gasteiger partial charge in [-0.3, -0.25) is 9.80 Å². The zero-order chi connectivity index (χ0) is 20.4. The normalized spacial score (nSPS) is 22.8. The van der Waals surface area contributed by atoms with Crippen molar-refractivity contribution in [2.24, 2.45) is 5.92 Å². The van der Waals surface area contributed by atoms with Crippen LogP contribution in [-0.2, 0) is 4.74 Å². The van der Waals surface area contributed by atoms with E-state index in [-0.39, 0.29) is 5.60 Å². The van der Waals surface area contributed by atoms with Gasteiger partial charge < -0.3 is 9.84 Å². The quantitative estimate of drug-likeness (QED) is 0.564. The molecule has 1 aliphatic heterocycles. The van der Waals surface area contributed by atoms with Crippen LogP contribution >= 0.6 is 0 Å². The van der Waals surface area contributed by atoms with Crippen LogP contribution in [-0.4, -0.2) is 72.5 Å². The van der Waals surface area contributed by atoms with Crippen LogP contribution < -0.4 is 0 Å². The minimum Gasteiger partial charge on any atom is -0.395 e. The maximum absolute atomic E-state index is 9.98. The third-order valence-corrected chi connectivity index (χ3v) is 6.54. The molecule has 162 valence electrons. The van der Waals surface area contributed by atoms with E-state index in [2.05, 4.69) is 55.7 Å². The molecule has 0 aromatic rings. The molecule has 0 radical (unpaired) electrons. The molecule has 2 fully saturated rings. The van der Waals surface area contributed by atoms with Gasteiger partial charge in [0.15, 0.2) is 0 Å². The van der Waals surface area contributed by atoms with Crippen molar-refractivity contribution in [3.05, 3.63) is 23.8 Å². The monoisotopic (exact) mass is 392 g/mol. The van der Waals surface area contributed by atoms with Crippen LogP contribution in [0.25, 0.3) is 0 Å². The van der Waals surface area contributed by atoms with Crippen LogP contribution in [0.4, 0.5) is 0 Å². The number of piperazine rings is 1. The molecule has 1 aliphatic carbocycles. The molecule has 0 bridgehead atoms. The van der Waals surface area contributed by atoms with Gasteiger partial charge in [0.2, 0.25) is 0 Å². The SMILES string of the molecule is CC/C=C(\C=C/CN1CCN(C(CO)C2CCCCC2)CC1)C(C)(C)OCC. The number of hydrogen-bond acceptors (Lipinski definition) is 4. The van der Waals surface area contributed by atoms with Crippen molar-refractivity contribution in [2.45, 2.75) is 77.9 Å². The van der Waals surface area contributed by atoms with Gasteiger partial charge in [-0.2, -0.15) is 0 Å².